The number of carbonyl (C=O) groups is 1. The highest BCUT2D eigenvalue weighted by atomic mass is 32.2. The number of benzene rings is 2. The van der Waals surface area contributed by atoms with E-state index in [1.807, 2.05) is 72.7 Å². The molecule has 29 heavy (non-hydrogen) atoms. The number of nitrogens with zero attached hydrogens (tertiary/aromatic N) is 2. The first-order valence-electron chi connectivity index (χ1n) is 9.60. The quantitative estimate of drug-likeness (QED) is 0.680. The van der Waals surface area contributed by atoms with E-state index in [1.54, 1.807) is 11.8 Å². The summed E-state index contributed by atoms with van der Waals surface area (Å²) in [5.74, 6) is -0.0675. The average molecular weight is 434 g/mol. The van der Waals surface area contributed by atoms with Gasteiger partial charge in [-0.1, -0.05) is 42.5 Å². The maximum absolute atomic E-state index is 12.7. The van der Waals surface area contributed by atoms with Gasteiger partial charge in [0, 0.05) is 31.1 Å². The third-order valence-corrected chi connectivity index (χ3v) is 7.80. The van der Waals surface area contributed by atoms with Gasteiger partial charge in [-0.2, -0.15) is 4.31 Å². The Bertz CT molecular complexity index is 927. The van der Waals surface area contributed by atoms with Crippen LogP contribution in [0.4, 0.5) is 5.69 Å². The van der Waals surface area contributed by atoms with Crippen molar-refractivity contribution in [1.29, 1.82) is 0 Å². The summed E-state index contributed by atoms with van der Waals surface area (Å²) in [7, 11) is -3.36. The zero-order chi connectivity index (χ0) is 20.9. The molecule has 1 fully saturated rings. The molecule has 0 aromatic heterocycles. The number of nitrogens with one attached hydrogen (secondary N) is 1. The van der Waals surface area contributed by atoms with Gasteiger partial charge in [0.1, 0.15) is 0 Å². The van der Waals surface area contributed by atoms with E-state index in [4.69, 9.17) is 0 Å². The first-order valence-corrected chi connectivity index (χ1v) is 12.4. The maximum Gasteiger partial charge on any atom is 0.241 e. The van der Waals surface area contributed by atoms with Crippen molar-refractivity contribution in [2.45, 2.75) is 23.6 Å². The lowest BCUT2D eigenvalue weighted by molar-refractivity contribution is -0.121. The summed E-state index contributed by atoms with van der Waals surface area (Å²) in [5, 5.41) is 3.00. The van der Waals surface area contributed by atoms with E-state index < -0.39 is 10.0 Å². The molecule has 0 aliphatic carbocycles. The predicted molar refractivity (Wildman–Crippen MR) is 119 cm³/mol. The minimum absolute atomic E-state index is 0.00927. The maximum atomic E-state index is 12.7. The molecule has 1 unspecified atom stereocenters. The highest BCUT2D eigenvalue weighted by molar-refractivity contribution is 7.98. The largest absolute Gasteiger partial charge is 0.324 e. The summed E-state index contributed by atoms with van der Waals surface area (Å²) in [6, 6.07) is 16.6. The normalized spacial score (nSPS) is 17.0. The number of anilines is 1. The molecule has 1 heterocycles. The molecule has 2 aromatic carbocycles. The van der Waals surface area contributed by atoms with Gasteiger partial charge in [0.2, 0.25) is 15.9 Å². The van der Waals surface area contributed by atoms with Crippen LogP contribution in [0.5, 0.6) is 0 Å². The van der Waals surface area contributed by atoms with Crippen LogP contribution >= 0.6 is 11.8 Å². The van der Waals surface area contributed by atoms with E-state index in [9.17, 15) is 13.2 Å². The molecule has 6 nitrogen and oxygen atoms in total. The van der Waals surface area contributed by atoms with Crippen molar-refractivity contribution in [2.75, 3.05) is 37.8 Å². The Kier molecular flexibility index (Phi) is 7.34. The SMILES string of the molecule is CSc1ccccc1NC(=O)C(C)N1CCN(S(=O)(=O)Cc2ccccc2)CC1. The number of amides is 1. The van der Waals surface area contributed by atoms with Gasteiger partial charge < -0.3 is 5.32 Å². The van der Waals surface area contributed by atoms with Crippen molar-refractivity contribution in [3.8, 4) is 0 Å². The number of para-hydroxylation sites is 1. The fourth-order valence-electron chi connectivity index (χ4n) is 3.40. The molecule has 2 aromatic rings. The third-order valence-electron chi connectivity index (χ3n) is 5.15. The van der Waals surface area contributed by atoms with Crippen LogP contribution in [-0.2, 0) is 20.6 Å². The lowest BCUT2D eigenvalue weighted by atomic mass is 10.2. The van der Waals surface area contributed by atoms with Crippen LogP contribution < -0.4 is 5.32 Å². The highest BCUT2D eigenvalue weighted by Gasteiger charge is 2.31. The zero-order valence-electron chi connectivity index (χ0n) is 16.7. The van der Waals surface area contributed by atoms with Crippen molar-refractivity contribution in [1.82, 2.24) is 9.21 Å². The summed E-state index contributed by atoms with van der Waals surface area (Å²) in [4.78, 5) is 15.8. The molecule has 1 aliphatic rings. The van der Waals surface area contributed by atoms with Crippen LogP contribution in [0.3, 0.4) is 0 Å². The Morgan fingerprint density at radius 3 is 2.31 bits per heavy atom. The standard InChI is InChI=1S/C21H27N3O3S2/c1-17(21(25)22-19-10-6-7-11-20(19)28-2)23-12-14-24(15-13-23)29(26,27)16-18-8-4-3-5-9-18/h3-11,17H,12-16H2,1-2H3,(H,22,25). The summed E-state index contributed by atoms with van der Waals surface area (Å²) in [5.41, 5.74) is 1.59. The van der Waals surface area contributed by atoms with Gasteiger partial charge in [0.15, 0.2) is 0 Å². The molecule has 1 amide bonds. The molecule has 0 saturated carbocycles. The molecule has 0 radical (unpaired) electrons. The Morgan fingerprint density at radius 2 is 1.66 bits per heavy atom. The lowest BCUT2D eigenvalue weighted by Gasteiger charge is -2.36. The third kappa shape index (κ3) is 5.60. The van der Waals surface area contributed by atoms with E-state index in [0.29, 0.717) is 26.2 Å². The molecule has 3 rings (SSSR count). The topological polar surface area (TPSA) is 69.7 Å². The number of sulfonamides is 1. The molecule has 0 spiro atoms. The molecule has 1 aliphatic heterocycles. The average Bonchev–Trinajstić information content (AvgIpc) is 2.74. The van der Waals surface area contributed by atoms with Crippen LogP contribution in [0.1, 0.15) is 12.5 Å². The minimum atomic E-state index is -3.36. The van der Waals surface area contributed by atoms with Crippen LogP contribution in [0.25, 0.3) is 0 Å². The molecule has 1 N–H and O–H groups in total. The number of rotatable bonds is 7. The molecule has 0 bridgehead atoms. The summed E-state index contributed by atoms with van der Waals surface area (Å²) >= 11 is 1.59. The molecule has 1 saturated heterocycles. The van der Waals surface area contributed by atoms with Gasteiger partial charge in [0.25, 0.3) is 0 Å². The van der Waals surface area contributed by atoms with E-state index in [0.717, 1.165) is 16.1 Å². The van der Waals surface area contributed by atoms with Crippen LogP contribution in [0.2, 0.25) is 0 Å². The van der Waals surface area contributed by atoms with Crippen LogP contribution in [-0.4, -0.2) is 62.0 Å². The fraction of sp³-hybridized carbons (Fsp3) is 0.381. The van der Waals surface area contributed by atoms with Crippen molar-refractivity contribution >= 4 is 33.4 Å². The number of carbonyl (C=O) groups excluding carboxylic acids is 1. The van der Waals surface area contributed by atoms with Crippen molar-refractivity contribution < 1.29 is 13.2 Å². The molecular formula is C21H27N3O3S2. The Morgan fingerprint density at radius 1 is 1.03 bits per heavy atom. The number of hydrogen-bond acceptors (Lipinski definition) is 5. The Balaban J connectivity index is 1.56. The minimum Gasteiger partial charge on any atom is -0.324 e. The van der Waals surface area contributed by atoms with Gasteiger partial charge in [-0.15, -0.1) is 11.8 Å². The van der Waals surface area contributed by atoms with Crippen molar-refractivity contribution in [3.05, 3.63) is 60.2 Å². The summed E-state index contributed by atoms with van der Waals surface area (Å²) in [6.45, 7) is 3.73. The number of hydrogen-bond donors (Lipinski definition) is 1. The molecule has 8 heteroatoms. The van der Waals surface area contributed by atoms with E-state index in [1.165, 1.54) is 4.31 Å². The van der Waals surface area contributed by atoms with Gasteiger partial charge in [0.05, 0.1) is 17.5 Å². The first-order chi connectivity index (χ1) is 13.9. The second-order valence-electron chi connectivity index (χ2n) is 7.04. The second-order valence-corrected chi connectivity index (χ2v) is 9.86. The smallest absolute Gasteiger partial charge is 0.241 e. The Labute approximate surface area is 177 Å². The highest BCUT2D eigenvalue weighted by Crippen LogP contribution is 2.25. The summed E-state index contributed by atoms with van der Waals surface area (Å²) in [6.07, 6.45) is 1.98. The van der Waals surface area contributed by atoms with Crippen LogP contribution in [0.15, 0.2) is 59.5 Å². The van der Waals surface area contributed by atoms with Gasteiger partial charge in [-0.25, -0.2) is 8.42 Å². The van der Waals surface area contributed by atoms with E-state index >= 15 is 0 Å². The van der Waals surface area contributed by atoms with Crippen LogP contribution in [0, 0.1) is 0 Å². The molecular weight excluding hydrogens is 406 g/mol. The summed E-state index contributed by atoms with van der Waals surface area (Å²) < 4.78 is 26.9. The number of piperazine rings is 1. The van der Waals surface area contributed by atoms with E-state index in [-0.39, 0.29) is 17.7 Å². The van der Waals surface area contributed by atoms with Gasteiger partial charge >= 0.3 is 0 Å². The Hall–Kier alpha value is -1.87. The molecule has 156 valence electrons. The fourth-order valence-corrected chi connectivity index (χ4v) is 5.47. The predicted octanol–water partition coefficient (Wildman–Crippen LogP) is 2.88. The van der Waals surface area contributed by atoms with Crippen molar-refractivity contribution in [2.24, 2.45) is 0 Å². The number of thioether (sulfide) groups is 1. The lowest BCUT2D eigenvalue weighted by Crippen LogP contribution is -2.54. The molecule has 1 atom stereocenters. The van der Waals surface area contributed by atoms with E-state index in [2.05, 4.69) is 5.32 Å². The zero-order valence-corrected chi connectivity index (χ0v) is 18.4. The first kappa shape index (κ1) is 21.8. The van der Waals surface area contributed by atoms with Gasteiger partial charge in [-0.3, -0.25) is 9.69 Å². The second kappa shape index (κ2) is 9.75. The van der Waals surface area contributed by atoms with Gasteiger partial charge in [-0.05, 0) is 30.9 Å². The van der Waals surface area contributed by atoms with Crippen molar-refractivity contribution in [3.63, 3.8) is 0 Å². The monoisotopic (exact) mass is 433 g/mol.